The van der Waals surface area contributed by atoms with Gasteiger partial charge in [-0.3, -0.25) is 9.59 Å². The van der Waals surface area contributed by atoms with E-state index in [2.05, 4.69) is 24.0 Å². The molecule has 0 saturated heterocycles. The van der Waals surface area contributed by atoms with E-state index in [1.807, 2.05) is 12.1 Å². The van der Waals surface area contributed by atoms with Gasteiger partial charge in [0.1, 0.15) is 0 Å². The minimum Gasteiger partial charge on any atom is -0.408 e. The van der Waals surface area contributed by atoms with Crippen LogP contribution < -0.4 is 9.54 Å². The zero-order chi connectivity index (χ0) is 17.7. The Kier molecular flexibility index (Phi) is 6.09. The monoisotopic (exact) mass is 346 g/mol. The highest BCUT2D eigenvalue weighted by atomic mass is 32.1. The molecule has 128 valence electrons. The van der Waals surface area contributed by atoms with E-state index in [9.17, 15) is 9.59 Å². The number of thiazole rings is 1. The molecule has 6 heteroatoms. The summed E-state index contributed by atoms with van der Waals surface area (Å²) in [5, 5.41) is 0. The lowest BCUT2D eigenvalue weighted by Gasteiger charge is -2.05. The molecular weight excluding hydrogens is 324 g/mol. The number of nitrogens with zero attached hydrogens (tertiary/aromatic N) is 2. The molecule has 0 spiro atoms. The van der Waals surface area contributed by atoms with Crippen molar-refractivity contribution in [3.8, 4) is 5.88 Å². The minimum atomic E-state index is -0.460. The summed E-state index contributed by atoms with van der Waals surface area (Å²) >= 11 is 1.32. The molecule has 1 aromatic heterocycles. The number of hydrogen-bond donors (Lipinski definition) is 0. The first kappa shape index (κ1) is 18.1. The Morgan fingerprint density at radius 2 is 1.88 bits per heavy atom. The Morgan fingerprint density at radius 1 is 1.21 bits per heavy atom. The largest absolute Gasteiger partial charge is 0.408 e. The predicted molar refractivity (Wildman–Crippen MR) is 94.9 cm³/mol. The van der Waals surface area contributed by atoms with Gasteiger partial charge in [-0.15, -0.1) is 0 Å². The molecule has 0 aliphatic heterocycles. The molecule has 0 unspecified atom stereocenters. The number of esters is 1. The number of ether oxygens (including phenoxy) is 1. The van der Waals surface area contributed by atoms with Crippen LogP contribution in [0.4, 0.5) is 5.69 Å². The Morgan fingerprint density at radius 3 is 2.42 bits per heavy atom. The van der Waals surface area contributed by atoms with Crippen molar-refractivity contribution >= 4 is 28.9 Å². The van der Waals surface area contributed by atoms with Crippen molar-refractivity contribution in [1.29, 1.82) is 0 Å². The second-order valence-corrected chi connectivity index (χ2v) is 6.76. The van der Waals surface area contributed by atoms with Gasteiger partial charge in [0.05, 0.1) is 10.6 Å². The molecule has 0 N–H and O–H groups in total. The van der Waals surface area contributed by atoms with Gasteiger partial charge in [0.2, 0.25) is 11.8 Å². The number of benzene rings is 1. The maximum atomic E-state index is 12.0. The molecule has 2 aromatic rings. The minimum absolute atomic E-state index is 0.242. The Labute approximate surface area is 145 Å². The number of carbonyl (C=O) groups is 2. The van der Waals surface area contributed by atoms with Crippen LogP contribution in [0.5, 0.6) is 5.88 Å². The Bertz CT molecular complexity index is 801. The molecular formula is C18H22N2O3S. The summed E-state index contributed by atoms with van der Waals surface area (Å²) in [6.07, 6.45) is 3.38. The maximum absolute atomic E-state index is 12.0. The number of hydrogen-bond acceptors (Lipinski definition) is 5. The summed E-state index contributed by atoms with van der Waals surface area (Å²) in [4.78, 5) is 29.0. The van der Waals surface area contributed by atoms with E-state index in [1.54, 1.807) is 6.92 Å². The fourth-order valence-electron chi connectivity index (χ4n) is 2.30. The lowest BCUT2D eigenvalue weighted by atomic mass is 10.1. The predicted octanol–water partition coefficient (Wildman–Crippen LogP) is 4.02. The SMILES string of the molecule is CCCCc1ccc(N=c2sc(C)c(OC(C)=O)n2C(C)=O)cc1. The van der Waals surface area contributed by atoms with Gasteiger partial charge in [0.15, 0.2) is 4.80 Å². The first-order valence-corrected chi connectivity index (χ1v) is 8.79. The number of aromatic nitrogens is 1. The summed E-state index contributed by atoms with van der Waals surface area (Å²) in [7, 11) is 0. The van der Waals surface area contributed by atoms with Gasteiger partial charge < -0.3 is 4.74 Å². The highest BCUT2D eigenvalue weighted by Gasteiger charge is 2.17. The number of aryl methyl sites for hydroxylation is 2. The third-order valence-electron chi connectivity index (χ3n) is 3.48. The van der Waals surface area contributed by atoms with Crippen molar-refractivity contribution < 1.29 is 14.3 Å². The Balaban J connectivity index is 2.42. The molecule has 2 rings (SSSR count). The van der Waals surface area contributed by atoms with Gasteiger partial charge in [-0.25, -0.2) is 9.56 Å². The molecule has 0 radical (unpaired) electrons. The molecule has 1 aromatic carbocycles. The number of rotatable bonds is 5. The summed E-state index contributed by atoms with van der Waals surface area (Å²) in [5.74, 6) is -0.454. The third kappa shape index (κ3) is 4.41. The van der Waals surface area contributed by atoms with E-state index < -0.39 is 5.97 Å². The van der Waals surface area contributed by atoms with Crippen molar-refractivity contribution in [2.45, 2.75) is 47.0 Å². The molecule has 5 nitrogen and oxygen atoms in total. The van der Waals surface area contributed by atoms with Gasteiger partial charge >= 0.3 is 5.97 Å². The topological polar surface area (TPSA) is 60.7 Å². The van der Waals surface area contributed by atoms with Crippen molar-refractivity contribution in [2.24, 2.45) is 4.99 Å². The molecule has 0 amide bonds. The van der Waals surface area contributed by atoms with Gasteiger partial charge in [-0.05, 0) is 37.5 Å². The zero-order valence-electron chi connectivity index (χ0n) is 14.5. The standard InChI is InChI=1S/C18H22N2O3S/c1-5-6-7-15-8-10-16(11-9-15)19-18-20(13(3)21)17(12(2)24-18)23-14(4)22/h8-11H,5-7H2,1-4H3. The van der Waals surface area contributed by atoms with E-state index in [1.165, 1.54) is 35.3 Å². The van der Waals surface area contributed by atoms with Crippen molar-refractivity contribution in [3.63, 3.8) is 0 Å². The van der Waals surface area contributed by atoms with Crippen LogP contribution in [0, 0.1) is 6.92 Å². The molecule has 0 bridgehead atoms. The lowest BCUT2D eigenvalue weighted by Crippen LogP contribution is -2.22. The molecule has 0 saturated carbocycles. The summed E-state index contributed by atoms with van der Waals surface area (Å²) < 4.78 is 6.51. The van der Waals surface area contributed by atoms with Crippen LogP contribution >= 0.6 is 11.3 Å². The quantitative estimate of drug-likeness (QED) is 0.768. The van der Waals surface area contributed by atoms with E-state index >= 15 is 0 Å². The first-order valence-electron chi connectivity index (χ1n) is 7.97. The van der Waals surface area contributed by atoms with Gasteiger partial charge in [0.25, 0.3) is 0 Å². The van der Waals surface area contributed by atoms with E-state index in [0.717, 1.165) is 29.8 Å². The van der Waals surface area contributed by atoms with Gasteiger partial charge in [-0.2, -0.15) is 0 Å². The normalized spacial score (nSPS) is 11.6. The summed E-state index contributed by atoms with van der Waals surface area (Å²) in [6.45, 7) is 6.71. The van der Waals surface area contributed by atoms with E-state index in [4.69, 9.17) is 4.74 Å². The molecule has 0 fully saturated rings. The van der Waals surface area contributed by atoms with Crippen LogP contribution in [0.3, 0.4) is 0 Å². The zero-order valence-corrected chi connectivity index (χ0v) is 15.3. The maximum Gasteiger partial charge on any atom is 0.309 e. The molecule has 0 aliphatic rings. The van der Waals surface area contributed by atoms with Crippen LogP contribution in [0.1, 0.15) is 48.8 Å². The average molecular weight is 346 g/mol. The van der Waals surface area contributed by atoms with Crippen molar-refractivity contribution in [1.82, 2.24) is 4.57 Å². The molecule has 24 heavy (non-hydrogen) atoms. The Hall–Kier alpha value is -2.21. The van der Waals surface area contributed by atoms with Crippen LogP contribution in [0.15, 0.2) is 29.3 Å². The fraction of sp³-hybridized carbons (Fsp3) is 0.389. The van der Waals surface area contributed by atoms with Crippen LogP contribution in [-0.2, 0) is 11.2 Å². The van der Waals surface area contributed by atoms with Crippen LogP contribution in [0.2, 0.25) is 0 Å². The van der Waals surface area contributed by atoms with Gasteiger partial charge in [-0.1, -0.05) is 36.8 Å². The summed E-state index contributed by atoms with van der Waals surface area (Å²) in [6, 6.07) is 7.99. The fourth-order valence-corrected chi connectivity index (χ4v) is 3.25. The van der Waals surface area contributed by atoms with Crippen molar-refractivity contribution in [2.75, 3.05) is 0 Å². The second-order valence-electron chi connectivity index (χ2n) is 5.58. The number of carbonyl (C=O) groups excluding carboxylic acids is 2. The molecule has 0 atom stereocenters. The third-order valence-corrected chi connectivity index (χ3v) is 4.41. The summed E-state index contributed by atoms with van der Waals surface area (Å²) in [5.41, 5.74) is 2.04. The average Bonchev–Trinajstić information content (AvgIpc) is 2.81. The number of unbranched alkanes of at least 4 members (excludes halogenated alkanes) is 1. The van der Waals surface area contributed by atoms with E-state index in [-0.39, 0.29) is 11.8 Å². The van der Waals surface area contributed by atoms with Crippen LogP contribution in [0.25, 0.3) is 0 Å². The first-order chi connectivity index (χ1) is 11.4. The smallest absolute Gasteiger partial charge is 0.309 e. The van der Waals surface area contributed by atoms with Gasteiger partial charge in [0, 0.05) is 13.8 Å². The highest BCUT2D eigenvalue weighted by molar-refractivity contribution is 7.09. The van der Waals surface area contributed by atoms with Crippen LogP contribution in [-0.4, -0.2) is 16.4 Å². The highest BCUT2D eigenvalue weighted by Crippen LogP contribution is 2.22. The second kappa shape index (κ2) is 8.06. The lowest BCUT2D eigenvalue weighted by molar-refractivity contribution is -0.132. The van der Waals surface area contributed by atoms with E-state index in [0.29, 0.717) is 4.80 Å². The molecule has 1 heterocycles. The molecule has 0 aliphatic carbocycles. The van der Waals surface area contributed by atoms with Crippen molar-refractivity contribution in [3.05, 3.63) is 39.5 Å².